The summed E-state index contributed by atoms with van der Waals surface area (Å²) in [6.45, 7) is 3.94. The van der Waals surface area contributed by atoms with Gasteiger partial charge in [0.05, 0.1) is 7.11 Å². The first-order valence-corrected chi connectivity index (χ1v) is 4.90. The molecule has 0 amide bonds. The van der Waals surface area contributed by atoms with Gasteiger partial charge >= 0.3 is 0 Å². The van der Waals surface area contributed by atoms with Crippen LogP contribution in [-0.4, -0.2) is 12.2 Å². The summed E-state index contributed by atoms with van der Waals surface area (Å²) in [5.41, 5.74) is 2.06. The lowest BCUT2D eigenvalue weighted by Crippen LogP contribution is -1.87. The molecule has 2 rings (SSSR count). The lowest BCUT2D eigenvalue weighted by atomic mass is 10.00. The Kier molecular flexibility index (Phi) is 2.27. The van der Waals surface area contributed by atoms with Crippen molar-refractivity contribution in [2.45, 2.75) is 13.8 Å². The number of benzene rings is 2. The zero-order chi connectivity index (χ0) is 11.0. The summed E-state index contributed by atoms with van der Waals surface area (Å²) in [6.07, 6.45) is 0. The highest BCUT2D eigenvalue weighted by Crippen LogP contribution is 2.31. The van der Waals surface area contributed by atoms with Crippen LogP contribution in [0.3, 0.4) is 0 Å². The molecule has 0 aliphatic carbocycles. The number of methoxy groups -OCH3 is 1. The second-order valence-electron chi connectivity index (χ2n) is 3.73. The van der Waals surface area contributed by atoms with Crippen molar-refractivity contribution in [3.8, 4) is 11.5 Å². The van der Waals surface area contributed by atoms with Gasteiger partial charge in [0.15, 0.2) is 0 Å². The summed E-state index contributed by atoms with van der Waals surface area (Å²) >= 11 is 0. The number of phenolic OH excluding ortho intramolecular Hbond substituents is 1. The molecule has 0 fully saturated rings. The molecular formula is C13H14O2. The van der Waals surface area contributed by atoms with Crippen LogP contribution in [-0.2, 0) is 0 Å². The molecule has 1 N–H and O–H groups in total. The Labute approximate surface area is 89.1 Å². The van der Waals surface area contributed by atoms with E-state index in [1.54, 1.807) is 13.2 Å². The van der Waals surface area contributed by atoms with E-state index in [2.05, 4.69) is 0 Å². The molecule has 2 aromatic rings. The van der Waals surface area contributed by atoms with Gasteiger partial charge < -0.3 is 9.84 Å². The van der Waals surface area contributed by atoms with Gasteiger partial charge in [0.1, 0.15) is 11.5 Å². The molecule has 78 valence electrons. The number of phenols is 1. The molecule has 0 saturated heterocycles. The predicted octanol–water partition coefficient (Wildman–Crippen LogP) is 3.17. The molecule has 0 aliphatic rings. The molecule has 0 atom stereocenters. The average molecular weight is 202 g/mol. The highest BCUT2D eigenvalue weighted by Gasteiger charge is 2.06. The molecule has 0 spiro atoms. The van der Waals surface area contributed by atoms with Gasteiger partial charge in [-0.2, -0.15) is 0 Å². The summed E-state index contributed by atoms with van der Waals surface area (Å²) in [7, 11) is 1.64. The van der Waals surface area contributed by atoms with Crippen molar-refractivity contribution in [2.75, 3.05) is 7.11 Å². The first-order chi connectivity index (χ1) is 7.13. The summed E-state index contributed by atoms with van der Waals surface area (Å²) < 4.78 is 5.15. The van der Waals surface area contributed by atoms with E-state index in [0.717, 1.165) is 27.6 Å². The first kappa shape index (κ1) is 9.84. The molecule has 0 aromatic heterocycles. The number of rotatable bonds is 1. The van der Waals surface area contributed by atoms with Crippen LogP contribution in [0.2, 0.25) is 0 Å². The van der Waals surface area contributed by atoms with Crippen molar-refractivity contribution in [1.29, 1.82) is 0 Å². The lowest BCUT2D eigenvalue weighted by molar-refractivity contribution is 0.415. The quantitative estimate of drug-likeness (QED) is 0.769. The molecule has 0 aliphatic heterocycles. The van der Waals surface area contributed by atoms with E-state index >= 15 is 0 Å². The molecule has 0 radical (unpaired) electrons. The lowest BCUT2D eigenvalue weighted by Gasteiger charge is -2.09. The van der Waals surface area contributed by atoms with Crippen LogP contribution in [0.15, 0.2) is 24.3 Å². The van der Waals surface area contributed by atoms with Crippen molar-refractivity contribution in [3.63, 3.8) is 0 Å². The molecule has 0 heterocycles. The van der Waals surface area contributed by atoms with Crippen LogP contribution >= 0.6 is 0 Å². The zero-order valence-corrected chi connectivity index (χ0v) is 9.16. The minimum atomic E-state index is 0.341. The highest BCUT2D eigenvalue weighted by atomic mass is 16.5. The summed E-state index contributed by atoms with van der Waals surface area (Å²) in [5.74, 6) is 1.15. The van der Waals surface area contributed by atoms with Crippen LogP contribution in [0.4, 0.5) is 0 Å². The Bertz CT molecular complexity index is 515. The third-order valence-electron chi connectivity index (χ3n) is 2.90. The second-order valence-corrected chi connectivity index (χ2v) is 3.73. The van der Waals surface area contributed by atoms with Gasteiger partial charge in [-0.05, 0) is 53.9 Å². The van der Waals surface area contributed by atoms with Crippen molar-refractivity contribution in [1.82, 2.24) is 0 Å². The van der Waals surface area contributed by atoms with E-state index in [1.807, 2.05) is 32.0 Å². The largest absolute Gasteiger partial charge is 0.508 e. The fraction of sp³-hybridized carbons (Fsp3) is 0.231. The smallest absolute Gasteiger partial charge is 0.119 e. The topological polar surface area (TPSA) is 29.5 Å². The Morgan fingerprint density at radius 1 is 1.07 bits per heavy atom. The van der Waals surface area contributed by atoms with Gasteiger partial charge in [-0.25, -0.2) is 0 Å². The molecule has 2 aromatic carbocycles. The Morgan fingerprint density at radius 2 is 1.80 bits per heavy atom. The summed E-state index contributed by atoms with van der Waals surface area (Å²) in [6, 6.07) is 7.67. The van der Waals surface area contributed by atoms with Gasteiger partial charge in [-0.15, -0.1) is 0 Å². The maximum Gasteiger partial charge on any atom is 0.119 e. The van der Waals surface area contributed by atoms with Gasteiger partial charge in [0.25, 0.3) is 0 Å². The molecule has 0 saturated carbocycles. The van der Waals surface area contributed by atoms with E-state index in [0.29, 0.717) is 5.75 Å². The minimum Gasteiger partial charge on any atom is -0.508 e. The number of fused-ring (bicyclic) bond motifs is 1. The van der Waals surface area contributed by atoms with Crippen LogP contribution in [0.25, 0.3) is 10.8 Å². The minimum absolute atomic E-state index is 0.341. The number of aryl methyl sites for hydroxylation is 1. The van der Waals surface area contributed by atoms with Crippen molar-refractivity contribution >= 4 is 10.8 Å². The average Bonchev–Trinajstić information content (AvgIpc) is 2.25. The van der Waals surface area contributed by atoms with Gasteiger partial charge in [0, 0.05) is 0 Å². The Morgan fingerprint density at radius 3 is 2.47 bits per heavy atom. The summed E-state index contributed by atoms with van der Waals surface area (Å²) in [4.78, 5) is 0. The predicted molar refractivity (Wildman–Crippen MR) is 61.6 cm³/mol. The van der Waals surface area contributed by atoms with E-state index < -0.39 is 0 Å². The first-order valence-electron chi connectivity index (χ1n) is 4.90. The van der Waals surface area contributed by atoms with Crippen LogP contribution in [0, 0.1) is 13.8 Å². The van der Waals surface area contributed by atoms with Crippen molar-refractivity contribution < 1.29 is 9.84 Å². The standard InChI is InChI=1S/C13H14O2/c1-8-9(2)13(14)7-10-6-11(15-3)4-5-12(8)10/h4-7,14H,1-3H3. The van der Waals surface area contributed by atoms with E-state index in [4.69, 9.17) is 4.74 Å². The molecule has 2 nitrogen and oxygen atoms in total. The maximum absolute atomic E-state index is 9.72. The molecule has 0 unspecified atom stereocenters. The third-order valence-corrected chi connectivity index (χ3v) is 2.90. The van der Waals surface area contributed by atoms with E-state index in [9.17, 15) is 5.11 Å². The highest BCUT2D eigenvalue weighted by molar-refractivity contribution is 5.89. The van der Waals surface area contributed by atoms with E-state index in [-0.39, 0.29) is 0 Å². The fourth-order valence-electron chi connectivity index (χ4n) is 1.78. The van der Waals surface area contributed by atoms with Crippen LogP contribution in [0.1, 0.15) is 11.1 Å². The second kappa shape index (κ2) is 3.46. The van der Waals surface area contributed by atoms with Crippen molar-refractivity contribution in [2.24, 2.45) is 0 Å². The SMILES string of the molecule is COc1ccc2c(C)c(C)c(O)cc2c1. The van der Waals surface area contributed by atoms with Crippen molar-refractivity contribution in [3.05, 3.63) is 35.4 Å². The summed E-state index contributed by atoms with van der Waals surface area (Å²) in [5, 5.41) is 11.9. The number of ether oxygens (including phenoxy) is 1. The zero-order valence-electron chi connectivity index (χ0n) is 9.16. The van der Waals surface area contributed by atoms with Gasteiger partial charge in [0.2, 0.25) is 0 Å². The van der Waals surface area contributed by atoms with Crippen LogP contribution < -0.4 is 4.74 Å². The fourth-order valence-corrected chi connectivity index (χ4v) is 1.78. The number of hydrogen-bond acceptors (Lipinski definition) is 2. The Hall–Kier alpha value is -1.70. The molecule has 0 bridgehead atoms. The maximum atomic E-state index is 9.72. The number of hydrogen-bond donors (Lipinski definition) is 1. The monoisotopic (exact) mass is 202 g/mol. The van der Waals surface area contributed by atoms with Gasteiger partial charge in [-0.3, -0.25) is 0 Å². The molecule has 15 heavy (non-hydrogen) atoms. The third kappa shape index (κ3) is 1.52. The Balaban J connectivity index is 2.80. The number of aromatic hydroxyl groups is 1. The van der Waals surface area contributed by atoms with E-state index in [1.165, 1.54) is 0 Å². The molecule has 2 heteroatoms. The normalized spacial score (nSPS) is 10.6. The van der Waals surface area contributed by atoms with Gasteiger partial charge in [-0.1, -0.05) is 6.07 Å². The molecular weight excluding hydrogens is 188 g/mol. The van der Waals surface area contributed by atoms with Crippen LogP contribution in [0.5, 0.6) is 11.5 Å².